The Labute approximate surface area is 181 Å². The van der Waals surface area contributed by atoms with Gasteiger partial charge in [-0.05, 0) is 50.1 Å². The largest absolute Gasteiger partial charge is 0.493 e. The lowest BCUT2D eigenvalue weighted by molar-refractivity contribution is -0.384. The molecule has 1 heterocycles. The molecule has 162 valence electrons. The van der Waals surface area contributed by atoms with Gasteiger partial charge in [-0.25, -0.2) is 0 Å². The summed E-state index contributed by atoms with van der Waals surface area (Å²) in [5.41, 5.74) is 8.74. The van der Waals surface area contributed by atoms with Crippen LogP contribution >= 0.6 is 0 Å². The van der Waals surface area contributed by atoms with Crippen molar-refractivity contribution in [3.8, 4) is 17.2 Å². The molecule has 3 aromatic rings. The van der Waals surface area contributed by atoms with Crippen molar-refractivity contribution in [2.75, 3.05) is 14.2 Å². The molecule has 0 aliphatic heterocycles. The monoisotopic (exact) mass is 422 g/mol. The molecular formula is C23H26N4O4. The second-order valence-corrected chi connectivity index (χ2v) is 7.17. The third-order valence-electron chi connectivity index (χ3n) is 5.14. The summed E-state index contributed by atoms with van der Waals surface area (Å²) in [6, 6.07) is 12.6. The third-order valence-corrected chi connectivity index (χ3v) is 5.14. The highest BCUT2D eigenvalue weighted by Crippen LogP contribution is 2.28. The number of hydrazone groups is 1. The van der Waals surface area contributed by atoms with Gasteiger partial charge in [0.2, 0.25) is 0 Å². The molecule has 0 saturated carbocycles. The fourth-order valence-corrected chi connectivity index (χ4v) is 3.48. The highest BCUT2D eigenvalue weighted by molar-refractivity contribution is 5.82. The molecule has 2 aromatic carbocycles. The van der Waals surface area contributed by atoms with E-state index >= 15 is 0 Å². The number of hydrogen-bond acceptors (Lipinski definition) is 6. The average Bonchev–Trinajstić information content (AvgIpc) is 3.04. The minimum absolute atomic E-state index is 0.0694. The number of non-ortho nitro benzene ring substituents is 1. The summed E-state index contributed by atoms with van der Waals surface area (Å²) in [7, 11) is 3.21. The molecule has 0 unspecified atom stereocenters. The predicted octanol–water partition coefficient (Wildman–Crippen LogP) is 4.45. The summed E-state index contributed by atoms with van der Waals surface area (Å²) in [6.07, 6.45) is 1.76. The molecule has 0 amide bonds. The van der Waals surface area contributed by atoms with Crippen molar-refractivity contribution < 1.29 is 14.4 Å². The maximum absolute atomic E-state index is 11.2. The highest BCUT2D eigenvalue weighted by atomic mass is 16.6. The zero-order valence-electron chi connectivity index (χ0n) is 18.3. The summed E-state index contributed by atoms with van der Waals surface area (Å²) < 4.78 is 12.6. The Morgan fingerprint density at radius 1 is 1.06 bits per heavy atom. The molecule has 0 atom stereocenters. The van der Waals surface area contributed by atoms with Crippen LogP contribution in [-0.4, -0.2) is 29.9 Å². The number of methoxy groups -OCH3 is 2. The van der Waals surface area contributed by atoms with Crippen molar-refractivity contribution in [1.29, 1.82) is 0 Å². The SMILES string of the molecule is COc1ccc(CN/N=C\c2cc(C)n(-c3cc([N+](=O)[O-])ccc3C)c2C)cc1OC. The first-order chi connectivity index (χ1) is 14.8. The first-order valence-electron chi connectivity index (χ1n) is 9.77. The molecule has 31 heavy (non-hydrogen) atoms. The van der Waals surface area contributed by atoms with Gasteiger partial charge in [-0.1, -0.05) is 12.1 Å². The second kappa shape index (κ2) is 9.34. The van der Waals surface area contributed by atoms with E-state index in [0.29, 0.717) is 18.0 Å². The van der Waals surface area contributed by atoms with Crippen molar-refractivity contribution in [3.63, 3.8) is 0 Å². The van der Waals surface area contributed by atoms with Crippen LogP contribution in [0.3, 0.4) is 0 Å². The van der Waals surface area contributed by atoms with Gasteiger partial charge < -0.3 is 19.5 Å². The molecule has 0 spiro atoms. The maximum atomic E-state index is 11.2. The molecule has 0 bridgehead atoms. The number of nitrogens with zero attached hydrogens (tertiary/aromatic N) is 3. The van der Waals surface area contributed by atoms with E-state index in [0.717, 1.165) is 33.8 Å². The number of aryl methyl sites for hydroxylation is 2. The minimum Gasteiger partial charge on any atom is -0.493 e. The Morgan fingerprint density at radius 3 is 2.48 bits per heavy atom. The van der Waals surface area contributed by atoms with E-state index in [9.17, 15) is 10.1 Å². The van der Waals surface area contributed by atoms with Gasteiger partial charge in [0, 0.05) is 29.1 Å². The Balaban J connectivity index is 1.78. The summed E-state index contributed by atoms with van der Waals surface area (Å²) in [6.45, 7) is 6.41. The van der Waals surface area contributed by atoms with Crippen LogP contribution in [0.5, 0.6) is 11.5 Å². The summed E-state index contributed by atoms with van der Waals surface area (Å²) in [5.74, 6) is 1.35. The summed E-state index contributed by atoms with van der Waals surface area (Å²) in [4.78, 5) is 10.8. The average molecular weight is 422 g/mol. The second-order valence-electron chi connectivity index (χ2n) is 7.17. The van der Waals surface area contributed by atoms with Gasteiger partial charge in [0.1, 0.15) is 0 Å². The van der Waals surface area contributed by atoms with E-state index in [4.69, 9.17) is 9.47 Å². The van der Waals surface area contributed by atoms with Gasteiger partial charge in [-0.2, -0.15) is 5.10 Å². The molecule has 1 N–H and O–H groups in total. The maximum Gasteiger partial charge on any atom is 0.271 e. The lowest BCUT2D eigenvalue weighted by atomic mass is 10.1. The number of nitrogens with one attached hydrogen (secondary N) is 1. The van der Waals surface area contributed by atoms with Gasteiger partial charge in [0.05, 0.1) is 37.6 Å². The third kappa shape index (κ3) is 4.69. The molecule has 1 aromatic heterocycles. The highest BCUT2D eigenvalue weighted by Gasteiger charge is 2.15. The van der Waals surface area contributed by atoms with E-state index in [1.165, 1.54) is 6.07 Å². The van der Waals surface area contributed by atoms with E-state index in [1.807, 2.05) is 49.6 Å². The van der Waals surface area contributed by atoms with Crippen LogP contribution in [0.1, 0.15) is 28.1 Å². The molecule has 0 fully saturated rings. The van der Waals surface area contributed by atoms with Gasteiger partial charge in [-0.3, -0.25) is 10.1 Å². The number of nitro benzene ring substituents is 1. The first-order valence-corrected chi connectivity index (χ1v) is 9.77. The zero-order valence-corrected chi connectivity index (χ0v) is 18.3. The van der Waals surface area contributed by atoms with Gasteiger partial charge in [0.25, 0.3) is 5.69 Å². The minimum atomic E-state index is -0.377. The fourth-order valence-electron chi connectivity index (χ4n) is 3.48. The number of hydrogen-bond donors (Lipinski definition) is 1. The van der Waals surface area contributed by atoms with Crippen molar-refractivity contribution in [2.45, 2.75) is 27.3 Å². The van der Waals surface area contributed by atoms with Crippen LogP contribution in [0, 0.1) is 30.9 Å². The Hall–Kier alpha value is -3.81. The topological polar surface area (TPSA) is 90.9 Å². The normalized spacial score (nSPS) is 11.0. The van der Waals surface area contributed by atoms with E-state index in [-0.39, 0.29) is 10.6 Å². The van der Waals surface area contributed by atoms with E-state index < -0.39 is 0 Å². The van der Waals surface area contributed by atoms with Crippen LogP contribution in [0.15, 0.2) is 47.6 Å². The van der Waals surface area contributed by atoms with Gasteiger partial charge in [0.15, 0.2) is 11.5 Å². The van der Waals surface area contributed by atoms with Crippen LogP contribution < -0.4 is 14.9 Å². The number of rotatable bonds is 8. The molecule has 8 heteroatoms. The van der Waals surface area contributed by atoms with Gasteiger partial charge in [-0.15, -0.1) is 0 Å². The molecule has 0 radical (unpaired) electrons. The zero-order chi connectivity index (χ0) is 22.5. The van der Waals surface area contributed by atoms with Crippen molar-refractivity contribution in [3.05, 3.63) is 80.7 Å². The lowest BCUT2D eigenvalue weighted by Gasteiger charge is -2.12. The van der Waals surface area contributed by atoms with Crippen LogP contribution in [0.2, 0.25) is 0 Å². The lowest BCUT2D eigenvalue weighted by Crippen LogP contribution is -2.06. The van der Waals surface area contributed by atoms with Gasteiger partial charge >= 0.3 is 0 Å². The number of nitro groups is 1. The molecule has 3 rings (SSSR count). The standard InChI is InChI=1S/C23H26N4O4/c1-15-6-8-20(27(28)29)12-21(15)26-16(2)10-19(17(26)3)14-25-24-13-18-7-9-22(30-4)23(11-18)31-5/h6-12,14,24H,13H2,1-5H3/b25-14-. The van der Waals surface area contributed by atoms with Crippen molar-refractivity contribution in [1.82, 2.24) is 9.99 Å². The number of benzene rings is 2. The quantitative estimate of drug-likeness (QED) is 0.329. The van der Waals surface area contributed by atoms with Crippen molar-refractivity contribution >= 4 is 11.9 Å². The van der Waals surface area contributed by atoms with E-state index in [2.05, 4.69) is 10.5 Å². The smallest absolute Gasteiger partial charge is 0.271 e. The molecular weight excluding hydrogens is 396 g/mol. The van der Waals surface area contributed by atoms with Crippen LogP contribution in [-0.2, 0) is 6.54 Å². The van der Waals surface area contributed by atoms with E-state index in [1.54, 1.807) is 32.6 Å². The Morgan fingerprint density at radius 2 is 1.81 bits per heavy atom. The molecule has 0 aliphatic carbocycles. The van der Waals surface area contributed by atoms with Crippen LogP contribution in [0.4, 0.5) is 5.69 Å². The number of ether oxygens (including phenoxy) is 2. The first kappa shape index (κ1) is 21.9. The molecule has 0 aliphatic rings. The predicted molar refractivity (Wildman–Crippen MR) is 121 cm³/mol. The van der Waals surface area contributed by atoms with Crippen LogP contribution in [0.25, 0.3) is 5.69 Å². The fraction of sp³-hybridized carbons (Fsp3) is 0.261. The molecule has 0 saturated heterocycles. The number of aromatic nitrogens is 1. The molecule has 8 nitrogen and oxygen atoms in total. The summed E-state index contributed by atoms with van der Waals surface area (Å²) >= 11 is 0. The Kier molecular flexibility index (Phi) is 6.59. The Bertz CT molecular complexity index is 1130. The van der Waals surface area contributed by atoms with Crippen molar-refractivity contribution in [2.24, 2.45) is 5.10 Å². The summed E-state index contributed by atoms with van der Waals surface area (Å²) in [5, 5.41) is 15.5.